The number of hydrogen-bond donors (Lipinski definition) is 0. The Kier molecular flexibility index (Phi) is 5.37. The zero-order valence-electron chi connectivity index (χ0n) is 13.6. The average molecular weight is 342 g/mol. The van der Waals surface area contributed by atoms with Crippen LogP contribution in [0.25, 0.3) is 0 Å². The Hall–Kier alpha value is -2.65. The van der Waals surface area contributed by atoms with Crippen molar-refractivity contribution >= 4 is 21.4 Å². The highest BCUT2D eigenvalue weighted by atomic mass is 32.2. The van der Waals surface area contributed by atoms with Crippen molar-refractivity contribution < 1.29 is 13.2 Å². The molecule has 0 radical (unpaired) electrons. The van der Waals surface area contributed by atoms with Gasteiger partial charge in [0.15, 0.2) is 9.84 Å². The molecular formula is C18H18N2O3S. The predicted octanol–water partition coefficient (Wildman–Crippen LogP) is 2.82. The van der Waals surface area contributed by atoms with Crippen molar-refractivity contribution in [3.63, 3.8) is 0 Å². The summed E-state index contributed by atoms with van der Waals surface area (Å²) in [6, 6.07) is 15.4. The lowest BCUT2D eigenvalue weighted by Gasteiger charge is -2.20. The third-order valence-electron chi connectivity index (χ3n) is 3.64. The second kappa shape index (κ2) is 7.28. The van der Waals surface area contributed by atoms with Gasteiger partial charge in [0.2, 0.25) is 0 Å². The van der Waals surface area contributed by atoms with Crippen molar-refractivity contribution in [3.8, 4) is 6.07 Å². The minimum absolute atomic E-state index is 0.118. The van der Waals surface area contributed by atoms with Gasteiger partial charge in [0.1, 0.15) is 6.54 Å². The number of rotatable bonds is 5. The number of aryl methyl sites for hydroxylation is 1. The van der Waals surface area contributed by atoms with Crippen molar-refractivity contribution in [3.05, 3.63) is 59.7 Å². The van der Waals surface area contributed by atoms with Gasteiger partial charge in [-0.05, 0) is 36.2 Å². The SMILES string of the molecule is CCc1ccc(C(=O)N(CC#N)c2ccccc2)cc1S(C)(=O)=O. The Morgan fingerprint density at radius 1 is 1.17 bits per heavy atom. The molecule has 24 heavy (non-hydrogen) atoms. The summed E-state index contributed by atoms with van der Waals surface area (Å²) < 4.78 is 24.0. The van der Waals surface area contributed by atoms with E-state index in [1.54, 1.807) is 36.4 Å². The molecule has 0 aromatic heterocycles. The van der Waals surface area contributed by atoms with Crippen molar-refractivity contribution in [1.82, 2.24) is 0 Å². The summed E-state index contributed by atoms with van der Waals surface area (Å²) in [6.45, 7) is 1.74. The van der Waals surface area contributed by atoms with Crippen LogP contribution in [-0.2, 0) is 16.3 Å². The van der Waals surface area contributed by atoms with Crippen LogP contribution in [0.5, 0.6) is 0 Å². The number of nitriles is 1. The van der Waals surface area contributed by atoms with Crippen molar-refractivity contribution in [2.45, 2.75) is 18.2 Å². The number of hydrogen-bond acceptors (Lipinski definition) is 4. The number of nitrogens with zero attached hydrogens (tertiary/aromatic N) is 2. The van der Waals surface area contributed by atoms with Crippen molar-refractivity contribution in [2.75, 3.05) is 17.7 Å². The van der Waals surface area contributed by atoms with Crippen LogP contribution in [0.3, 0.4) is 0 Å². The van der Waals surface area contributed by atoms with Gasteiger partial charge in [-0.3, -0.25) is 9.69 Å². The predicted molar refractivity (Wildman–Crippen MR) is 92.7 cm³/mol. The van der Waals surface area contributed by atoms with Crippen LogP contribution < -0.4 is 4.90 Å². The van der Waals surface area contributed by atoms with Gasteiger partial charge < -0.3 is 0 Å². The normalized spacial score (nSPS) is 10.9. The standard InChI is InChI=1S/C18H18N2O3S/c1-3-14-9-10-15(13-17(14)24(2,22)23)18(21)20(12-11-19)16-7-5-4-6-8-16/h4-10,13H,3,12H2,1-2H3. The highest BCUT2D eigenvalue weighted by Gasteiger charge is 2.21. The van der Waals surface area contributed by atoms with Gasteiger partial charge in [-0.15, -0.1) is 0 Å². The van der Waals surface area contributed by atoms with E-state index in [9.17, 15) is 13.2 Å². The third kappa shape index (κ3) is 3.81. The molecule has 2 rings (SSSR count). The molecule has 0 saturated heterocycles. The molecule has 0 N–H and O–H groups in total. The Labute approximate surface area is 142 Å². The summed E-state index contributed by atoms with van der Waals surface area (Å²) in [6.07, 6.45) is 1.68. The molecular weight excluding hydrogens is 324 g/mol. The minimum atomic E-state index is -3.44. The molecule has 0 atom stereocenters. The molecule has 0 heterocycles. The Morgan fingerprint density at radius 3 is 2.38 bits per heavy atom. The molecule has 5 nitrogen and oxygen atoms in total. The summed E-state index contributed by atoms with van der Waals surface area (Å²) in [5.74, 6) is -0.407. The van der Waals surface area contributed by atoms with Gasteiger partial charge in [0, 0.05) is 17.5 Å². The minimum Gasteiger partial charge on any atom is -0.295 e. The molecule has 0 aliphatic rings. The van der Waals surface area contributed by atoms with E-state index >= 15 is 0 Å². The molecule has 0 aliphatic heterocycles. The van der Waals surface area contributed by atoms with Crippen molar-refractivity contribution in [2.24, 2.45) is 0 Å². The Morgan fingerprint density at radius 2 is 1.83 bits per heavy atom. The van der Waals surface area contributed by atoms with Crippen LogP contribution in [0.2, 0.25) is 0 Å². The van der Waals surface area contributed by atoms with Crippen LogP contribution in [0.15, 0.2) is 53.4 Å². The molecule has 124 valence electrons. The van der Waals surface area contributed by atoms with E-state index in [2.05, 4.69) is 0 Å². The molecule has 0 saturated carbocycles. The smallest absolute Gasteiger partial charge is 0.259 e. The van der Waals surface area contributed by atoms with E-state index in [0.29, 0.717) is 17.7 Å². The quantitative estimate of drug-likeness (QED) is 0.783. The van der Waals surface area contributed by atoms with Gasteiger partial charge in [0.25, 0.3) is 5.91 Å². The summed E-state index contributed by atoms with van der Waals surface area (Å²) in [5.41, 5.74) is 1.50. The molecule has 0 fully saturated rings. The van der Waals surface area contributed by atoms with Crippen molar-refractivity contribution in [1.29, 1.82) is 5.26 Å². The topological polar surface area (TPSA) is 78.2 Å². The maximum Gasteiger partial charge on any atom is 0.259 e. The second-order valence-electron chi connectivity index (χ2n) is 5.33. The number of anilines is 1. The van der Waals surface area contributed by atoms with E-state index in [-0.39, 0.29) is 17.0 Å². The number of amides is 1. The van der Waals surface area contributed by atoms with Gasteiger partial charge in [-0.1, -0.05) is 31.2 Å². The van der Waals surface area contributed by atoms with Crippen LogP contribution >= 0.6 is 0 Å². The zero-order chi connectivity index (χ0) is 17.7. The van der Waals surface area contributed by atoms with Gasteiger partial charge in [-0.2, -0.15) is 5.26 Å². The lowest BCUT2D eigenvalue weighted by molar-refractivity contribution is 0.0990. The summed E-state index contributed by atoms with van der Waals surface area (Å²) in [4.78, 5) is 14.3. The van der Waals surface area contributed by atoms with Crippen LogP contribution in [0, 0.1) is 11.3 Å². The van der Waals surface area contributed by atoms with Gasteiger partial charge in [-0.25, -0.2) is 8.42 Å². The molecule has 0 unspecified atom stereocenters. The highest BCUT2D eigenvalue weighted by Crippen LogP contribution is 2.22. The highest BCUT2D eigenvalue weighted by molar-refractivity contribution is 7.90. The fraction of sp³-hybridized carbons (Fsp3) is 0.222. The summed E-state index contributed by atoms with van der Waals surface area (Å²) >= 11 is 0. The number of carbonyl (C=O) groups is 1. The Balaban J connectivity index is 2.50. The number of carbonyl (C=O) groups excluding carboxylic acids is 1. The average Bonchev–Trinajstić information content (AvgIpc) is 2.58. The monoisotopic (exact) mass is 342 g/mol. The van der Waals surface area contributed by atoms with Gasteiger partial charge in [0.05, 0.1) is 11.0 Å². The maximum absolute atomic E-state index is 12.8. The Bertz CT molecular complexity index is 884. The molecule has 2 aromatic carbocycles. The molecule has 6 heteroatoms. The molecule has 0 aliphatic carbocycles. The van der Waals surface area contributed by atoms with E-state index in [4.69, 9.17) is 5.26 Å². The first-order chi connectivity index (χ1) is 11.4. The summed E-state index contributed by atoms with van der Waals surface area (Å²) in [5, 5.41) is 9.02. The fourth-order valence-electron chi connectivity index (χ4n) is 2.44. The first-order valence-electron chi connectivity index (χ1n) is 7.45. The first kappa shape index (κ1) is 17.7. The second-order valence-corrected chi connectivity index (χ2v) is 7.32. The number of benzene rings is 2. The van der Waals surface area contributed by atoms with Crippen LogP contribution in [0.4, 0.5) is 5.69 Å². The third-order valence-corrected chi connectivity index (χ3v) is 4.82. The van der Waals surface area contributed by atoms with Crippen LogP contribution in [0.1, 0.15) is 22.8 Å². The lowest BCUT2D eigenvalue weighted by atomic mass is 10.1. The van der Waals surface area contributed by atoms with E-state index in [1.807, 2.05) is 19.1 Å². The van der Waals surface area contributed by atoms with E-state index < -0.39 is 15.7 Å². The summed E-state index contributed by atoms with van der Waals surface area (Å²) in [7, 11) is -3.44. The molecule has 0 bridgehead atoms. The fourth-order valence-corrected chi connectivity index (χ4v) is 3.47. The van der Waals surface area contributed by atoms with Gasteiger partial charge >= 0.3 is 0 Å². The molecule has 0 spiro atoms. The molecule has 2 aromatic rings. The number of para-hydroxylation sites is 1. The van der Waals surface area contributed by atoms with Crippen LogP contribution in [-0.4, -0.2) is 27.1 Å². The van der Waals surface area contributed by atoms with E-state index in [1.165, 1.54) is 11.0 Å². The number of sulfone groups is 1. The first-order valence-corrected chi connectivity index (χ1v) is 9.34. The van der Waals surface area contributed by atoms with E-state index in [0.717, 1.165) is 6.26 Å². The molecule has 1 amide bonds. The largest absolute Gasteiger partial charge is 0.295 e. The lowest BCUT2D eigenvalue weighted by Crippen LogP contribution is -2.31. The zero-order valence-corrected chi connectivity index (χ0v) is 14.4. The maximum atomic E-state index is 12.8.